The Hall–Kier alpha value is -1.78. The van der Waals surface area contributed by atoms with Crippen LogP contribution < -0.4 is 5.32 Å². The Labute approximate surface area is 107 Å². The summed E-state index contributed by atoms with van der Waals surface area (Å²) in [4.78, 5) is 9.16. The predicted octanol–water partition coefficient (Wildman–Crippen LogP) is 2.03. The van der Waals surface area contributed by atoms with Crippen molar-refractivity contribution in [3.8, 4) is 6.07 Å². The fourth-order valence-electron chi connectivity index (χ4n) is 1.30. The summed E-state index contributed by atoms with van der Waals surface area (Å²) in [5.41, 5.74) is 0.676. The van der Waals surface area contributed by atoms with E-state index in [4.69, 9.17) is 17.5 Å². The number of nitriles is 1. The molecule has 0 saturated heterocycles. The maximum absolute atomic E-state index is 8.92. The van der Waals surface area contributed by atoms with Crippen LogP contribution in [0.1, 0.15) is 10.4 Å². The van der Waals surface area contributed by atoms with E-state index >= 15 is 0 Å². The maximum Gasteiger partial charge on any atom is 0.226 e. The van der Waals surface area contributed by atoms with Crippen LogP contribution in [0.5, 0.6) is 0 Å². The summed E-state index contributed by atoms with van der Waals surface area (Å²) >= 11 is 6.68. The molecule has 0 saturated carbocycles. The molecule has 0 unspecified atom stereocenters. The second kappa shape index (κ2) is 5.03. The summed E-state index contributed by atoms with van der Waals surface area (Å²) in [6.07, 6.45) is 1.63. The highest BCUT2D eigenvalue weighted by Crippen LogP contribution is 2.17. The molecule has 0 spiro atoms. The Morgan fingerprint density at radius 3 is 3.12 bits per heavy atom. The highest BCUT2D eigenvalue weighted by atomic mass is 32.1. The Balaban J connectivity index is 2.31. The van der Waals surface area contributed by atoms with E-state index in [2.05, 4.69) is 21.4 Å². The van der Waals surface area contributed by atoms with Crippen LogP contribution >= 0.6 is 23.6 Å². The standard InChI is InChI=1S/C10H9N5S2/c1-12-9-13-6-15(10(16)14-9)5-8-7(4-11)2-3-17-8/h2-3,6H,5H2,1H3,(H,12,14,16). The minimum Gasteiger partial charge on any atom is -0.357 e. The van der Waals surface area contributed by atoms with Crippen molar-refractivity contribution in [2.45, 2.75) is 6.54 Å². The Morgan fingerprint density at radius 2 is 2.47 bits per heavy atom. The first-order valence-corrected chi connectivity index (χ1v) is 6.11. The Kier molecular flexibility index (Phi) is 3.46. The van der Waals surface area contributed by atoms with Crippen LogP contribution in [0, 0.1) is 16.1 Å². The zero-order valence-corrected chi connectivity index (χ0v) is 10.7. The molecule has 0 radical (unpaired) electrons. The van der Waals surface area contributed by atoms with Crippen LogP contribution in [0.3, 0.4) is 0 Å². The lowest BCUT2D eigenvalue weighted by atomic mass is 10.3. The highest BCUT2D eigenvalue weighted by Gasteiger charge is 2.05. The molecule has 2 aromatic rings. The number of rotatable bonds is 3. The predicted molar refractivity (Wildman–Crippen MR) is 68.5 cm³/mol. The topological polar surface area (TPSA) is 66.5 Å². The lowest BCUT2D eigenvalue weighted by molar-refractivity contribution is 0.732. The van der Waals surface area contributed by atoms with Gasteiger partial charge in [-0.15, -0.1) is 11.3 Å². The monoisotopic (exact) mass is 263 g/mol. The van der Waals surface area contributed by atoms with Crippen molar-refractivity contribution < 1.29 is 0 Å². The lowest BCUT2D eigenvalue weighted by Crippen LogP contribution is -2.07. The van der Waals surface area contributed by atoms with Gasteiger partial charge in [0.1, 0.15) is 12.4 Å². The van der Waals surface area contributed by atoms with Gasteiger partial charge < -0.3 is 9.88 Å². The van der Waals surface area contributed by atoms with E-state index in [0.717, 1.165) is 4.88 Å². The van der Waals surface area contributed by atoms with Gasteiger partial charge in [-0.25, -0.2) is 4.98 Å². The maximum atomic E-state index is 8.92. The van der Waals surface area contributed by atoms with Gasteiger partial charge in [-0.2, -0.15) is 10.2 Å². The second-order valence-electron chi connectivity index (χ2n) is 3.21. The summed E-state index contributed by atoms with van der Waals surface area (Å²) in [7, 11) is 1.74. The molecule has 0 aliphatic carbocycles. The minimum absolute atomic E-state index is 0.446. The number of hydrogen-bond acceptors (Lipinski definition) is 6. The number of hydrogen-bond donors (Lipinski definition) is 1. The molecule has 5 nitrogen and oxygen atoms in total. The van der Waals surface area contributed by atoms with E-state index in [9.17, 15) is 0 Å². The van der Waals surface area contributed by atoms with Gasteiger partial charge in [-0.1, -0.05) is 0 Å². The van der Waals surface area contributed by atoms with E-state index < -0.39 is 0 Å². The third kappa shape index (κ3) is 2.49. The van der Waals surface area contributed by atoms with E-state index in [1.165, 1.54) is 11.3 Å². The van der Waals surface area contributed by atoms with E-state index in [0.29, 0.717) is 22.8 Å². The molecule has 17 heavy (non-hydrogen) atoms. The van der Waals surface area contributed by atoms with Crippen molar-refractivity contribution >= 4 is 29.5 Å². The molecule has 0 aliphatic rings. The van der Waals surface area contributed by atoms with Crippen LogP contribution in [0.4, 0.5) is 5.95 Å². The van der Waals surface area contributed by atoms with Crippen molar-refractivity contribution in [1.82, 2.24) is 14.5 Å². The Morgan fingerprint density at radius 1 is 1.65 bits per heavy atom. The molecule has 7 heteroatoms. The average Bonchev–Trinajstić information content (AvgIpc) is 2.79. The van der Waals surface area contributed by atoms with Gasteiger partial charge in [0.25, 0.3) is 0 Å². The molecule has 0 atom stereocenters. The highest BCUT2D eigenvalue weighted by molar-refractivity contribution is 7.71. The van der Waals surface area contributed by atoms with Gasteiger partial charge in [0.2, 0.25) is 10.7 Å². The Bertz CT molecular complexity index is 622. The molecule has 2 heterocycles. The van der Waals surface area contributed by atoms with Crippen molar-refractivity contribution in [3.05, 3.63) is 33.0 Å². The SMILES string of the molecule is CNc1ncn(Cc2sccc2C#N)c(=S)n1. The fourth-order valence-corrected chi connectivity index (χ4v) is 2.32. The molecular weight excluding hydrogens is 254 g/mol. The second-order valence-corrected chi connectivity index (χ2v) is 4.58. The third-order valence-electron chi connectivity index (χ3n) is 2.17. The zero-order valence-electron chi connectivity index (χ0n) is 9.04. The summed E-state index contributed by atoms with van der Waals surface area (Å²) in [6.45, 7) is 0.531. The van der Waals surface area contributed by atoms with Crippen molar-refractivity contribution in [1.29, 1.82) is 5.26 Å². The van der Waals surface area contributed by atoms with Crippen molar-refractivity contribution in [3.63, 3.8) is 0 Å². The first-order chi connectivity index (χ1) is 8.24. The normalized spacial score (nSPS) is 9.88. The molecular formula is C10H9N5S2. The first-order valence-electron chi connectivity index (χ1n) is 4.82. The smallest absolute Gasteiger partial charge is 0.226 e. The average molecular weight is 263 g/mol. The van der Waals surface area contributed by atoms with Gasteiger partial charge in [0.15, 0.2) is 0 Å². The molecule has 0 aromatic carbocycles. The number of thiophene rings is 1. The van der Waals surface area contributed by atoms with Crippen molar-refractivity contribution in [2.24, 2.45) is 0 Å². The van der Waals surface area contributed by atoms with Gasteiger partial charge in [-0.05, 0) is 23.7 Å². The molecule has 86 valence electrons. The number of nitrogens with zero attached hydrogens (tertiary/aromatic N) is 4. The van der Waals surface area contributed by atoms with Crippen LogP contribution in [-0.2, 0) is 6.54 Å². The lowest BCUT2D eigenvalue weighted by Gasteiger charge is -2.05. The van der Waals surface area contributed by atoms with Crippen LogP contribution in [0.25, 0.3) is 0 Å². The van der Waals surface area contributed by atoms with Crippen LogP contribution in [-0.4, -0.2) is 21.6 Å². The molecule has 2 aromatic heterocycles. The quantitative estimate of drug-likeness (QED) is 0.858. The molecule has 1 N–H and O–H groups in total. The van der Waals surface area contributed by atoms with Gasteiger partial charge in [0, 0.05) is 11.9 Å². The molecule has 0 amide bonds. The molecule has 0 aliphatic heterocycles. The minimum atomic E-state index is 0.446. The van der Waals surface area contributed by atoms with Gasteiger partial charge >= 0.3 is 0 Å². The van der Waals surface area contributed by atoms with Crippen LogP contribution in [0.15, 0.2) is 17.8 Å². The largest absolute Gasteiger partial charge is 0.357 e. The van der Waals surface area contributed by atoms with E-state index in [1.807, 2.05) is 5.38 Å². The summed E-state index contributed by atoms with van der Waals surface area (Å²) < 4.78 is 2.18. The fraction of sp³-hybridized carbons (Fsp3) is 0.200. The molecule has 0 bridgehead atoms. The van der Waals surface area contributed by atoms with Crippen molar-refractivity contribution in [2.75, 3.05) is 12.4 Å². The number of aromatic nitrogens is 3. The summed E-state index contributed by atoms with van der Waals surface area (Å²) in [6, 6.07) is 3.95. The van der Waals surface area contributed by atoms with Gasteiger partial charge in [0.05, 0.1) is 12.1 Å². The first kappa shape index (κ1) is 11.7. The summed E-state index contributed by atoms with van der Waals surface area (Å²) in [5, 5.41) is 13.6. The number of anilines is 1. The van der Waals surface area contributed by atoms with Gasteiger partial charge in [-0.3, -0.25) is 0 Å². The summed E-state index contributed by atoms with van der Waals surface area (Å²) in [5.74, 6) is 0.498. The van der Waals surface area contributed by atoms with E-state index in [-0.39, 0.29) is 0 Å². The molecule has 0 fully saturated rings. The van der Waals surface area contributed by atoms with Crippen LogP contribution in [0.2, 0.25) is 0 Å². The number of nitrogens with one attached hydrogen (secondary N) is 1. The van der Waals surface area contributed by atoms with E-state index in [1.54, 1.807) is 24.0 Å². The third-order valence-corrected chi connectivity index (χ3v) is 3.40. The molecule has 2 rings (SSSR count). The zero-order chi connectivity index (χ0) is 12.3.